The predicted molar refractivity (Wildman–Crippen MR) is 48.2 cm³/mol. The number of aliphatic hydroxyl groups is 1. The van der Waals surface area contributed by atoms with Crippen LogP contribution < -0.4 is 4.74 Å². The van der Waals surface area contributed by atoms with E-state index in [9.17, 15) is 4.39 Å². The van der Waals surface area contributed by atoms with Gasteiger partial charge in [-0.25, -0.2) is 4.39 Å². The van der Waals surface area contributed by atoms with E-state index in [0.717, 1.165) is 0 Å². The third-order valence-electron chi connectivity index (χ3n) is 1.83. The van der Waals surface area contributed by atoms with Crippen molar-refractivity contribution in [3.8, 4) is 5.75 Å². The number of aliphatic hydroxyl groups excluding tert-OH is 1. The molecular formula is C10H13FO2. The molecule has 1 unspecified atom stereocenters. The number of para-hydroxylation sites is 1. The first kappa shape index (κ1) is 9.99. The lowest BCUT2D eigenvalue weighted by Crippen LogP contribution is -2.25. The van der Waals surface area contributed by atoms with Crippen LogP contribution in [0.2, 0.25) is 0 Å². The monoisotopic (exact) mass is 184 g/mol. The van der Waals surface area contributed by atoms with Gasteiger partial charge in [-0.2, -0.15) is 0 Å². The molecule has 0 aliphatic heterocycles. The lowest BCUT2D eigenvalue weighted by Gasteiger charge is -2.17. The van der Waals surface area contributed by atoms with Gasteiger partial charge in [0.25, 0.3) is 0 Å². The van der Waals surface area contributed by atoms with Gasteiger partial charge in [0.1, 0.15) is 6.10 Å². The Hall–Kier alpha value is -1.09. The Labute approximate surface area is 77.0 Å². The molecule has 0 saturated carbocycles. The summed E-state index contributed by atoms with van der Waals surface area (Å²) in [6.45, 7) is 3.29. The lowest BCUT2D eigenvalue weighted by molar-refractivity contribution is 0.0579. The van der Waals surface area contributed by atoms with Crippen molar-refractivity contribution >= 4 is 0 Å². The van der Waals surface area contributed by atoms with E-state index in [2.05, 4.69) is 0 Å². The van der Waals surface area contributed by atoms with Crippen LogP contribution in [-0.4, -0.2) is 17.3 Å². The van der Waals surface area contributed by atoms with Gasteiger partial charge in [0.05, 0.1) is 6.10 Å². The summed E-state index contributed by atoms with van der Waals surface area (Å²) in [4.78, 5) is 0. The molecule has 1 N–H and O–H groups in total. The van der Waals surface area contributed by atoms with Crippen LogP contribution in [0.5, 0.6) is 5.75 Å². The molecule has 0 radical (unpaired) electrons. The van der Waals surface area contributed by atoms with Gasteiger partial charge in [0, 0.05) is 0 Å². The van der Waals surface area contributed by atoms with E-state index in [-0.39, 0.29) is 5.75 Å². The van der Waals surface area contributed by atoms with Gasteiger partial charge in [-0.15, -0.1) is 0 Å². The van der Waals surface area contributed by atoms with Crippen molar-refractivity contribution < 1.29 is 14.2 Å². The summed E-state index contributed by atoms with van der Waals surface area (Å²) in [5, 5.41) is 9.13. The Balaban J connectivity index is 2.69. The minimum atomic E-state index is -0.611. The van der Waals surface area contributed by atoms with Gasteiger partial charge < -0.3 is 9.84 Å². The maximum absolute atomic E-state index is 13.0. The van der Waals surface area contributed by atoms with Gasteiger partial charge >= 0.3 is 0 Å². The summed E-state index contributed by atoms with van der Waals surface area (Å²) in [6.07, 6.45) is -1.02. The van der Waals surface area contributed by atoms with Crippen molar-refractivity contribution in [1.29, 1.82) is 0 Å². The van der Waals surface area contributed by atoms with Gasteiger partial charge in [-0.1, -0.05) is 12.1 Å². The van der Waals surface area contributed by atoms with Gasteiger partial charge in [-0.3, -0.25) is 0 Å². The first-order valence-corrected chi connectivity index (χ1v) is 4.20. The summed E-state index contributed by atoms with van der Waals surface area (Å²) in [5.74, 6) is -0.231. The molecule has 2 atom stereocenters. The minimum absolute atomic E-state index is 0.177. The molecule has 0 saturated heterocycles. The van der Waals surface area contributed by atoms with Crippen molar-refractivity contribution in [1.82, 2.24) is 0 Å². The van der Waals surface area contributed by atoms with Crippen LogP contribution in [0.25, 0.3) is 0 Å². The highest BCUT2D eigenvalue weighted by Crippen LogP contribution is 2.17. The van der Waals surface area contributed by atoms with Gasteiger partial charge in [0.2, 0.25) is 0 Å². The molecule has 1 aromatic rings. The Bertz CT molecular complexity index is 273. The number of rotatable bonds is 3. The van der Waals surface area contributed by atoms with Crippen LogP contribution in [0.1, 0.15) is 13.8 Å². The highest BCUT2D eigenvalue weighted by atomic mass is 19.1. The highest BCUT2D eigenvalue weighted by molar-refractivity contribution is 5.23. The zero-order valence-electron chi connectivity index (χ0n) is 7.70. The normalized spacial score (nSPS) is 15.1. The quantitative estimate of drug-likeness (QED) is 0.778. The Morgan fingerprint density at radius 2 is 1.92 bits per heavy atom. The first-order chi connectivity index (χ1) is 6.11. The maximum Gasteiger partial charge on any atom is 0.165 e. The van der Waals surface area contributed by atoms with E-state index < -0.39 is 18.0 Å². The van der Waals surface area contributed by atoms with Gasteiger partial charge in [0.15, 0.2) is 11.6 Å². The Morgan fingerprint density at radius 1 is 1.31 bits per heavy atom. The van der Waals surface area contributed by atoms with Crippen LogP contribution in [0, 0.1) is 5.82 Å². The number of hydrogen-bond donors (Lipinski definition) is 1. The number of ether oxygens (including phenoxy) is 1. The Morgan fingerprint density at radius 3 is 2.46 bits per heavy atom. The van der Waals surface area contributed by atoms with Crippen molar-refractivity contribution in [3.63, 3.8) is 0 Å². The highest BCUT2D eigenvalue weighted by Gasteiger charge is 2.12. The minimum Gasteiger partial charge on any atom is -0.485 e. The van der Waals surface area contributed by atoms with Crippen molar-refractivity contribution in [2.45, 2.75) is 26.1 Å². The molecule has 0 aliphatic carbocycles. The molecule has 3 heteroatoms. The van der Waals surface area contributed by atoms with Crippen LogP contribution in [0.3, 0.4) is 0 Å². The fourth-order valence-corrected chi connectivity index (χ4v) is 0.839. The van der Waals surface area contributed by atoms with E-state index in [0.29, 0.717) is 0 Å². The summed E-state index contributed by atoms with van der Waals surface area (Å²) in [5.41, 5.74) is 0. The molecule has 1 rings (SSSR count). The second-order valence-corrected chi connectivity index (χ2v) is 2.99. The topological polar surface area (TPSA) is 29.5 Å². The van der Waals surface area contributed by atoms with Crippen molar-refractivity contribution in [3.05, 3.63) is 30.1 Å². The molecule has 0 fully saturated rings. The average Bonchev–Trinajstić information content (AvgIpc) is 2.08. The third-order valence-corrected chi connectivity index (χ3v) is 1.83. The zero-order chi connectivity index (χ0) is 9.84. The van der Waals surface area contributed by atoms with Crippen LogP contribution in [0.15, 0.2) is 24.3 Å². The van der Waals surface area contributed by atoms with Gasteiger partial charge in [-0.05, 0) is 26.0 Å². The van der Waals surface area contributed by atoms with E-state index in [1.165, 1.54) is 12.1 Å². The van der Waals surface area contributed by atoms with Crippen LogP contribution in [-0.2, 0) is 0 Å². The standard InChI is InChI=1S/C10H13FO2/c1-7(12)8(2)13-10-6-4-3-5-9(10)11/h3-8,12H,1-2H3/t7-,8?/m1/s1. The van der Waals surface area contributed by atoms with E-state index >= 15 is 0 Å². The van der Waals surface area contributed by atoms with Crippen LogP contribution in [0.4, 0.5) is 4.39 Å². The summed E-state index contributed by atoms with van der Waals surface area (Å²) in [7, 11) is 0. The Kier molecular flexibility index (Phi) is 3.25. The molecular weight excluding hydrogens is 171 g/mol. The molecule has 0 aliphatic rings. The molecule has 2 nitrogen and oxygen atoms in total. The molecule has 72 valence electrons. The van der Waals surface area contributed by atoms with Crippen molar-refractivity contribution in [2.75, 3.05) is 0 Å². The SMILES string of the molecule is CC(Oc1ccccc1F)[C@@H](C)O. The van der Waals surface area contributed by atoms with E-state index in [1.54, 1.807) is 26.0 Å². The molecule has 1 aromatic carbocycles. The summed E-state index contributed by atoms with van der Waals surface area (Å²) in [6, 6.07) is 6.14. The molecule has 0 aromatic heterocycles. The van der Waals surface area contributed by atoms with Crippen LogP contribution >= 0.6 is 0 Å². The first-order valence-electron chi connectivity index (χ1n) is 4.20. The van der Waals surface area contributed by atoms with E-state index in [1.807, 2.05) is 0 Å². The molecule has 0 heterocycles. The molecule has 0 spiro atoms. The summed E-state index contributed by atoms with van der Waals surface area (Å²) < 4.78 is 18.2. The predicted octanol–water partition coefficient (Wildman–Crippen LogP) is 1.97. The summed E-state index contributed by atoms with van der Waals surface area (Å²) >= 11 is 0. The van der Waals surface area contributed by atoms with E-state index in [4.69, 9.17) is 9.84 Å². The third kappa shape index (κ3) is 2.70. The average molecular weight is 184 g/mol. The maximum atomic E-state index is 13.0. The molecule has 13 heavy (non-hydrogen) atoms. The number of halogens is 1. The largest absolute Gasteiger partial charge is 0.485 e. The molecule has 0 bridgehead atoms. The second-order valence-electron chi connectivity index (χ2n) is 2.99. The van der Waals surface area contributed by atoms with Crippen molar-refractivity contribution in [2.24, 2.45) is 0 Å². The zero-order valence-corrected chi connectivity index (χ0v) is 7.70. The lowest BCUT2D eigenvalue weighted by atomic mass is 10.2. The second kappa shape index (κ2) is 4.23. The number of benzene rings is 1. The number of hydrogen-bond acceptors (Lipinski definition) is 2. The fraction of sp³-hybridized carbons (Fsp3) is 0.400. The smallest absolute Gasteiger partial charge is 0.165 e. The fourth-order valence-electron chi connectivity index (χ4n) is 0.839. The molecule has 0 amide bonds.